The van der Waals surface area contributed by atoms with Gasteiger partial charge in [0.2, 0.25) is 0 Å². The number of thiazole rings is 1. The number of piperazine rings is 1. The largest absolute Gasteiger partial charge is 0.370 e. The van der Waals surface area contributed by atoms with E-state index in [1.165, 1.54) is 25.9 Å². The quantitative estimate of drug-likeness (QED) is 0.498. The molecule has 1 aromatic rings. The number of rotatable bonds is 5. The van der Waals surface area contributed by atoms with Crippen molar-refractivity contribution in [2.24, 2.45) is 16.6 Å². The van der Waals surface area contributed by atoms with Crippen molar-refractivity contribution in [1.29, 1.82) is 0 Å². The van der Waals surface area contributed by atoms with Crippen molar-refractivity contribution in [3.63, 3.8) is 0 Å². The Morgan fingerprint density at radius 2 is 2.17 bits per heavy atom. The van der Waals surface area contributed by atoms with Crippen molar-refractivity contribution in [3.8, 4) is 0 Å². The standard InChI is InChI=1S/C17H30N6S/c1-15-4-2-7-21(14-15)8-3-5-19-16(18)22-9-11-23(12-10-22)17-20-6-13-24-17/h6,13,15H,2-5,7-12,14H2,1H3,(H2,18,19). The topological polar surface area (TPSA) is 61.0 Å². The molecule has 0 saturated carbocycles. The second-order valence-electron chi connectivity index (χ2n) is 6.93. The summed E-state index contributed by atoms with van der Waals surface area (Å²) in [6, 6.07) is 0. The molecule has 6 nitrogen and oxygen atoms in total. The Morgan fingerprint density at radius 1 is 1.33 bits per heavy atom. The van der Waals surface area contributed by atoms with Gasteiger partial charge in [0, 0.05) is 50.8 Å². The summed E-state index contributed by atoms with van der Waals surface area (Å²) >= 11 is 1.70. The van der Waals surface area contributed by atoms with E-state index in [0.717, 1.165) is 56.7 Å². The molecule has 3 rings (SSSR count). The third-order valence-electron chi connectivity index (χ3n) is 4.94. The Labute approximate surface area is 149 Å². The van der Waals surface area contributed by atoms with Gasteiger partial charge in [0.25, 0.3) is 0 Å². The fraction of sp³-hybridized carbons (Fsp3) is 0.765. The van der Waals surface area contributed by atoms with Crippen molar-refractivity contribution in [3.05, 3.63) is 11.6 Å². The Morgan fingerprint density at radius 3 is 2.88 bits per heavy atom. The number of likely N-dealkylation sites (tertiary alicyclic amines) is 1. The average Bonchev–Trinajstić information content (AvgIpc) is 3.13. The molecule has 1 unspecified atom stereocenters. The van der Waals surface area contributed by atoms with Crippen LogP contribution in [0.1, 0.15) is 26.2 Å². The lowest BCUT2D eigenvalue weighted by molar-refractivity contribution is 0.183. The molecule has 134 valence electrons. The predicted octanol–water partition coefficient (Wildman–Crippen LogP) is 1.70. The fourth-order valence-electron chi connectivity index (χ4n) is 3.58. The number of nitrogens with two attached hydrogens (primary N) is 1. The van der Waals surface area contributed by atoms with E-state index in [2.05, 4.69) is 31.6 Å². The minimum Gasteiger partial charge on any atom is -0.370 e. The van der Waals surface area contributed by atoms with E-state index in [0.29, 0.717) is 5.96 Å². The lowest BCUT2D eigenvalue weighted by atomic mass is 10.0. The molecule has 0 aliphatic carbocycles. The maximum absolute atomic E-state index is 6.18. The maximum atomic E-state index is 6.18. The van der Waals surface area contributed by atoms with E-state index < -0.39 is 0 Å². The van der Waals surface area contributed by atoms with Crippen molar-refractivity contribution >= 4 is 22.4 Å². The molecule has 1 aromatic heterocycles. The molecule has 2 aliphatic heterocycles. The summed E-state index contributed by atoms with van der Waals surface area (Å²) in [6.45, 7) is 10.6. The van der Waals surface area contributed by atoms with Crippen LogP contribution in [0.15, 0.2) is 16.6 Å². The van der Waals surface area contributed by atoms with Crippen LogP contribution in [0.5, 0.6) is 0 Å². The fourth-order valence-corrected chi connectivity index (χ4v) is 4.27. The van der Waals surface area contributed by atoms with Gasteiger partial charge in [-0.05, 0) is 38.3 Å². The summed E-state index contributed by atoms with van der Waals surface area (Å²) in [7, 11) is 0. The molecule has 0 bridgehead atoms. The zero-order valence-corrected chi connectivity index (χ0v) is 15.5. The molecule has 1 atom stereocenters. The molecule has 0 spiro atoms. The van der Waals surface area contributed by atoms with Crippen LogP contribution < -0.4 is 10.6 Å². The lowest BCUT2D eigenvalue weighted by Crippen LogP contribution is -2.51. The molecule has 0 amide bonds. The van der Waals surface area contributed by atoms with Crippen LogP contribution >= 0.6 is 11.3 Å². The third-order valence-corrected chi connectivity index (χ3v) is 5.77. The van der Waals surface area contributed by atoms with Gasteiger partial charge < -0.3 is 20.4 Å². The molecule has 7 heteroatoms. The molecule has 2 aliphatic rings. The van der Waals surface area contributed by atoms with E-state index in [4.69, 9.17) is 5.73 Å². The Bertz CT molecular complexity index is 509. The van der Waals surface area contributed by atoms with E-state index in [1.54, 1.807) is 11.3 Å². The highest BCUT2D eigenvalue weighted by atomic mass is 32.1. The van der Waals surface area contributed by atoms with Gasteiger partial charge >= 0.3 is 0 Å². The van der Waals surface area contributed by atoms with E-state index in [1.807, 2.05) is 11.6 Å². The van der Waals surface area contributed by atoms with Crippen LogP contribution in [-0.4, -0.2) is 73.1 Å². The summed E-state index contributed by atoms with van der Waals surface area (Å²) in [5.74, 6) is 1.56. The molecule has 0 aromatic carbocycles. The highest BCUT2D eigenvalue weighted by molar-refractivity contribution is 7.13. The number of hydrogen-bond acceptors (Lipinski definition) is 5. The number of guanidine groups is 1. The molecule has 24 heavy (non-hydrogen) atoms. The van der Waals surface area contributed by atoms with Gasteiger partial charge in [-0.25, -0.2) is 4.98 Å². The third kappa shape index (κ3) is 4.83. The van der Waals surface area contributed by atoms with Gasteiger partial charge in [0.15, 0.2) is 11.1 Å². The van der Waals surface area contributed by atoms with Gasteiger partial charge in [0.05, 0.1) is 0 Å². The first-order valence-electron chi connectivity index (χ1n) is 9.14. The molecule has 2 saturated heterocycles. The van der Waals surface area contributed by atoms with Crippen LogP contribution in [-0.2, 0) is 0 Å². The van der Waals surface area contributed by atoms with Crippen molar-refractivity contribution in [2.75, 3.05) is 57.3 Å². The molecular formula is C17H30N6S. The summed E-state index contributed by atoms with van der Waals surface area (Å²) in [6.07, 6.45) is 5.70. The first-order chi connectivity index (χ1) is 11.7. The minimum atomic E-state index is 0.709. The minimum absolute atomic E-state index is 0.709. The average molecular weight is 351 g/mol. The van der Waals surface area contributed by atoms with Crippen LogP contribution in [0.4, 0.5) is 5.13 Å². The smallest absolute Gasteiger partial charge is 0.191 e. The van der Waals surface area contributed by atoms with Gasteiger partial charge in [-0.3, -0.25) is 4.99 Å². The Hall–Kier alpha value is -1.34. The maximum Gasteiger partial charge on any atom is 0.191 e. The van der Waals surface area contributed by atoms with Crippen LogP contribution in [0.25, 0.3) is 0 Å². The normalized spacial score (nSPS) is 23.7. The number of hydrogen-bond donors (Lipinski definition) is 1. The SMILES string of the molecule is CC1CCCN(CCCN=C(N)N2CCN(c3nccs3)CC2)C1. The van der Waals surface area contributed by atoms with Gasteiger partial charge in [-0.2, -0.15) is 0 Å². The monoisotopic (exact) mass is 350 g/mol. The number of nitrogens with zero attached hydrogens (tertiary/aromatic N) is 5. The van der Waals surface area contributed by atoms with Crippen molar-refractivity contribution in [2.45, 2.75) is 26.2 Å². The van der Waals surface area contributed by atoms with E-state index in [-0.39, 0.29) is 0 Å². The summed E-state index contributed by atoms with van der Waals surface area (Å²) in [5, 5.41) is 3.14. The number of anilines is 1. The first-order valence-corrected chi connectivity index (χ1v) is 10.0. The van der Waals surface area contributed by atoms with Crippen molar-refractivity contribution < 1.29 is 0 Å². The Balaban J connectivity index is 1.35. The van der Waals surface area contributed by atoms with Crippen LogP contribution in [0, 0.1) is 5.92 Å². The van der Waals surface area contributed by atoms with E-state index >= 15 is 0 Å². The highest BCUT2D eigenvalue weighted by Crippen LogP contribution is 2.19. The molecule has 3 heterocycles. The van der Waals surface area contributed by atoms with Gasteiger partial charge in [0.1, 0.15) is 0 Å². The number of aromatic nitrogens is 1. The zero-order chi connectivity index (χ0) is 16.8. The lowest BCUT2D eigenvalue weighted by Gasteiger charge is -2.35. The first kappa shape index (κ1) is 17.5. The Kier molecular flexibility index (Phi) is 6.31. The molecule has 0 radical (unpaired) electrons. The number of aliphatic imine (C=N–C) groups is 1. The summed E-state index contributed by atoms with van der Waals surface area (Å²) in [4.78, 5) is 16.1. The molecular weight excluding hydrogens is 320 g/mol. The zero-order valence-electron chi connectivity index (χ0n) is 14.7. The molecule has 2 N–H and O–H groups in total. The predicted molar refractivity (Wildman–Crippen MR) is 102 cm³/mol. The second-order valence-corrected chi connectivity index (χ2v) is 7.80. The second kappa shape index (κ2) is 8.67. The van der Waals surface area contributed by atoms with E-state index in [9.17, 15) is 0 Å². The highest BCUT2D eigenvalue weighted by Gasteiger charge is 2.20. The van der Waals surface area contributed by atoms with Crippen molar-refractivity contribution in [1.82, 2.24) is 14.8 Å². The number of piperidine rings is 1. The molecule has 2 fully saturated rings. The van der Waals surface area contributed by atoms with Gasteiger partial charge in [-0.1, -0.05) is 6.92 Å². The summed E-state index contributed by atoms with van der Waals surface area (Å²) < 4.78 is 0. The van der Waals surface area contributed by atoms with Gasteiger partial charge in [-0.15, -0.1) is 11.3 Å². The van der Waals surface area contributed by atoms with Crippen LogP contribution in [0.2, 0.25) is 0 Å². The van der Waals surface area contributed by atoms with Crippen LogP contribution in [0.3, 0.4) is 0 Å². The summed E-state index contributed by atoms with van der Waals surface area (Å²) in [5.41, 5.74) is 6.18.